The summed E-state index contributed by atoms with van der Waals surface area (Å²) in [5.74, 6) is -0.153. The maximum absolute atomic E-state index is 12.2. The number of nitrogens with zero attached hydrogens (tertiary/aromatic N) is 3. The third kappa shape index (κ3) is 3.10. The summed E-state index contributed by atoms with van der Waals surface area (Å²) in [5.41, 5.74) is 5.87. The van der Waals surface area contributed by atoms with Crippen LogP contribution in [0, 0.1) is 0 Å². The zero-order chi connectivity index (χ0) is 19.8. The standard InChI is InChI=1S/C17H19N5O6/c18-16-20-13-10(14(26)21-16)19-17(27-7-8-4-2-1-3-5-8)22(13)15-12(25)11(24)9(6-23)28-15/h1-5,9,11-12,15,23-25H,6-7H2,(H3,18,20,21,26)/t9-,11+,12+,15-/m0/s1. The van der Waals surface area contributed by atoms with Crippen molar-refractivity contribution in [3.05, 3.63) is 46.2 Å². The molecule has 1 fully saturated rings. The predicted octanol–water partition coefficient (Wildman–Crippen LogP) is -1.11. The summed E-state index contributed by atoms with van der Waals surface area (Å²) in [7, 11) is 0. The third-order valence-electron chi connectivity index (χ3n) is 4.52. The molecule has 0 bridgehead atoms. The second-order valence-electron chi connectivity index (χ2n) is 6.39. The van der Waals surface area contributed by atoms with Gasteiger partial charge in [0.2, 0.25) is 5.95 Å². The number of fused-ring (bicyclic) bond motifs is 1. The summed E-state index contributed by atoms with van der Waals surface area (Å²) < 4.78 is 12.6. The normalized spacial score (nSPS) is 24.7. The maximum atomic E-state index is 12.2. The number of nitrogens with one attached hydrogen (secondary N) is 1. The molecule has 0 saturated carbocycles. The van der Waals surface area contributed by atoms with Crippen molar-refractivity contribution in [3.8, 4) is 6.01 Å². The van der Waals surface area contributed by atoms with Crippen molar-refractivity contribution in [1.29, 1.82) is 0 Å². The maximum Gasteiger partial charge on any atom is 0.301 e. The van der Waals surface area contributed by atoms with Crippen molar-refractivity contribution in [2.75, 3.05) is 12.3 Å². The lowest BCUT2D eigenvalue weighted by molar-refractivity contribution is -0.0545. The number of benzene rings is 1. The largest absolute Gasteiger partial charge is 0.460 e. The van der Waals surface area contributed by atoms with Gasteiger partial charge in [-0.05, 0) is 5.56 Å². The van der Waals surface area contributed by atoms with Gasteiger partial charge in [-0.25, -0.2) is 4.57 Å². The Balaban J connectivity index is 1.79. The molecule has 1 saturated heterocycles. The predicted molar refractivity (Wildman–Crippen MR) is 96.3 cm³/mol. The Morgan fingerprint density at radius 1 is 1.21 bits per heavy atom. The summed E-state index contributed by atoms with van der Waals surface area (Å²) >= 11 is 0. The molecule has 11 nitrogen and oxygen atoms in total. The van der Waals surface area contributed by atoms with E-state index in [9.17, 15) is 20.1 Å². The number of rotatable bonds is 5. The smallest absolute Gasteiger partial charge is 0.301 e. The average Bonchev–Trinajstić information content (AvgIpc) is 3.18. The van der Waals surface area contributed by atoms with E-state index in [-0.39, 0.29) is 29.7 Å². The van der Waals surface area contributed by atoms with Gasteiger partial charge in [-0.1, -0.05) is 30.3 Å². The highest BCUT2D eigenvalue weighted by Gasteiger charge is 2.45. The van der Waals surface area contributed by atoms with Crippen LogP contribution in [0.3, 0.4) is 0 Å². The Morgan fingerprint density at radius 2 is 1.96 bits per heavy atom. The van der Waals surface area contributed by atoms with E-state index >= 15 is 0 Å². The SMILES string of the molecule is Nc1nc2c(nc(OCc3ccccc3)n2[C@H]2O[C@@H](CO)[C@@H](O)[C@H]2O)c(=O)[nH]1. The zero-order valence-electron chi connectivity index (χ0n) is 14.6. The fourth-order valence-electron chi connectivity index (χ4n) is 3.13. The molecule has 0 spiro atoms. The Kier molecular flexibility index (Phi) is 4.73. The van der Waals surface area contributed by atoms with Gasteiger partial charge < -0.3 is 30.5 Å². The molecule has 6 N–H and O–H groups in total. The minimum Gasteiger partial charge on any atom is -0.460 e. The molecule has 1 aliphatic heterocycles. The van der Waals surface area contributed by atoms with Crippen molar-refractivity contribution >= 4 is 17.1 Å². The van der Waals surface area contributed by atoms with Gasteiger partial charge in [0.15, 0.2) is 17.4 Å². The number of ether oxygens (including phenoxy) is 2. The molecular formula is C17H19N5O6. The second kappa shape index (κ2) is 7.20. The van der Waals surface area contributed by atoms with Gasteiger partial charge in [0.1, 0.15) is 24.9 Å². The summed E-state index contributed by atoms with van der Waals surface area (Å²) in [6, 6.07) is 9.22. The van der Waals surface area contributed by atoms with Crippen molar-refractivity contribution < 1.29 is 24.8 Å². The number of aliphatic hydroxyl groups is 3. The molecule has 3 aromatic rings. The third-order valence-corrected chi connectivity index (χ3v) is 4.52. The molecule has 4 atom stereocenters. The minimum atomic E-state index is -1.41. The van der Waals surface area contributed by atoms with Crippen LogP contribution in [0.15, 0.2) is 35.1 Å². The van der Waals surface area contributed by atoms with Crippen LogP contribution in [-0.4, -0.2) is 59.8 Å². The summed E-state index contributed by atoms with van der Waals surface area (Å²) in [6.07, 6.45) is -4.94. The number of nitrogen functional groups attached to an aromatic ring is 1. The van der Waals surface area contributed by atoms with E-state index in [2.05, 4.69) is 15.0 Å². The van der Waals surface area contributed by atoms with E-state index in [1.807, 2.05) is 30.3 Å². The molecule has 0 amide bonds. The van der Waals surface area contributed by atoms with Crippen LogP contribution in [0.25, 0.3) is 11.2 Å². The quantitative estimate of drug-likeness (QED) is 0.363. The number of anilines is 1. The molecule has 11 heteroatoms. The van der Waals surface area contributed by atoms with Crippen molar-refractivity contribution in [3.63, 3.8) is 0 Å². The first-order chi connectivity index (χ1) is 13.5. The van der Waals surface area contributed by atoms with Gasteiger partial charge in [-0.2, -0.15) is 9.97 Å². The van der Waals surface area contributed by atoms with Gasteiger partial charge in [0.25, 0.3) is 5.56 Å². The van der Waals surface area contributed by atoms with Crippen LogP contribution in [0.5, 0.6) is 6.01 Å². The lowest BCUT2D eigenvalue weighted by Crippen LogP contribution is -2.33. The van der Waals surface area contributed by atoms with E-state index in [0.29, 0.717) is 0 Å². The first-order valence-corrected chi connectivity index (χ1v) is 8.56. The molecule has 0 unspecified atom stereocenters. The van der Waals surface area contributed by atoms with Crippen molar-refractivity contribution in [2.45, 2.75) is 31.1 Å². The average molecular weight is 389 g/mol. The first-order valence-electron chi connectivity index (χ1n) is 8.56. The highest BCUT2D eigenvalue weighted by atomic mass is 16.6. The number of nitrogens with two attached hydrogens (primary N) is 1. The molecule has 0 radical (unpaired) electrons. The van der Waals surface area contributed by atoms with Crippen molar-refractivity contribution in [2.24, 2.45) is 0 Å². The first kappa shape index (κ1) is 18.4. The fourth-order valence-corrected chi connectivity index (χ4v) is 3.13. The molecule has 1 aliphatic rings. The van der Waals surface area contributed by atoms with Crippen LogP contribution >= 0.6 is 0 Å². The van der Waals surface area contributed by atoms with E-state index in [0.717, 1.165) is 5.56 Å². The number of hydrogen-bond acceptors (Lipinski definition) is 9. The summed E-state index contributed by atoms with van der Waals surface area (Å²) in [5, 5.41) is 29.8. The monoisotopic (exact) mass is 389 g/mol. The molecule has 2 aromatic heterocycles. The number of aromatic nitrogens is 4. The topological polar surface area (TPSA) is 169 Å². The van der Waals surface area contributed by atoms with Crippen LogP contribution < -0.4 is 16.0 Å². The fraction of sp³-hybridized carbons (Fsp3) is 0.353. The molecular weight excluding hydrogens is 370 g/mol. The zero-order valence-corrected chi connectivity index (χ0v) is 14.6. The molecule has 1 aromatic carbocycles. The molecule has 148 valence electrons. The van der Waals surface area contributed by atoms with Gasteiger partial charge in [-0.15, -0.1) is 0 Å². The minimum absolute atomic E-state index is 0.0270. The summed E-state index contributed by atoms with van der Waals surface area (Å²) in [4.78, 5) is 22.8. The highest BCUT2D eigenvalue weighted by Crippen LogP contribution is 2.34. The lowest BCUT2D eigenvalue weighted by atomic mass is 10.1. The summed E-state index contributed by atoms with van der Waals surface area (Å²) in [6.45, 7) is -0.371. The number of aliphatic hydroxyl groups excluding tert-OH is 3. The van der Waals surface area contributed by atoms with E-state index < -0.39 is 36.7 Å². The number of H-pyrrole nitrogens is 1. The second-order valence-corrected chi connectivity index (χ2v) is 6.39. The van der Waals surface area contributed by atoms with Crippen LogP contribution in [0.1, 0.15) is 11.8 Å². The van der Waals surface area contributed by atoms with Gasteiger partial charge in [-0.3, -0.25) is 9.78 Å². The van der Waals surface area contributed by atoms with Crippen LogP contribution in [-0.2, 0) is 11.3 Å². The van der Waals surface area contributed by atoms with E-state index in [1.165, 1.54) is 4.57 Å². The number of aromatic amines is 1. The molecule has 4 rings (SSSR count). The van der Waals surface area contributed by atoms with Gasteiger partial charge >= 0.3 is 6.01 Å². The Bertz CT molecular complexity index is 1040. The van der Waals surface area contributed by atoms with Gasteiger partial charge in [0, 0.05) is 0 Å². The van der Waals surface area contributed by atoms with Crippen LogP contribution in [0.4, 0.5) is 5.95 Å². The Labute approximate surface area is 158 Å². The number of hydrogen-bond donors (Lipinski definition) is 5. The van der Waals surface area contributed by atoms with Crippen molar-refractivity contribution in [1.82, 2.24) is 19.5 Å². The lowest BCUT2D eigenvalue weighted by Gasteiger charge is -2.19. The Morgan fingerprint density at radius 3 is 2.64 bits per heavy atom. The van der Waals surface area contributed by atoms with E-state index in [1.54, 1.807) is 0 Å². The highest BCUT2D eigenvalue weighted by molar-refractivity contribution is 5.72. The van der Waals surface area contributed by atoms with Crippen LogP contribution in [0.2, 0.25) is 0 Å². The molecule has 3 heterocycles. The molecule has 28 heavy (non-hydrogen) atoms. The van der Waals surface area contributed by atoms with Gasteiger partial charge in [0.05, 0.1) is 6.61 Å². The molecule has 0 aliphatic carbocycles. The Hall–Kier alpha value is -2.99. The van der Waals surface area contributed by atoms with E-state index in [4.69, 9.17) is 15.2 Å². The number of imidazole rings is 1.